The van der Waals surface area contributed by atoms with Crippen molar-refractivity contribution in [3.05, 3.63) is 42.0 Å². The summed E-state index contributed by atoms with van der Waals surface area (Å²) < 4.78 is 6.20. The van der Waals surface area contributed by atoms with Crippen LogP contribution in [0.15, 0.2) is 36.4 Å². The lowest BCUT2D eigenvalue weighted by Crippen LogP contribution is -2.27. The van der Waals surface area contributed by atoms with E-state index in [2.05, 4.69) is 46.9 Å². The Morgan fingerprint density at radius 2 is 1.85 bits per heavy atom. The van der Waals surface area contributed by atoms with E-state index < -0.39 is 0 Å². The highest BCUT2D eigenvalue weighted by Crippen LogP contribution is 2.28. The average molecular weight is 432 g/mol. The predicted octanol–water partition coefficient (Wildman–Crippen LogP) is 5.76. The standard InChI is InChI=1S/C21H26BrN3O2/c1-4-5-6-11-21(2,3)27-16-8-9-17-18(13-16)24-25(23-17)19-12-15(14-22)7-10-20(19)26/h7-10,12-13,26H,4-6,11,14H2,1-3H3. The Bertz CT molecular complexity index is 921. The Morgan fingerprint density at radius 3 is 2.59 bits per heavy atom. The molecule has 1 aromatic heterocycles. The minimum Gasteiger partial charge on any atom is -0.506 e. The van der Waals surface area contributed by atoms with Crippen molar-refractivity contribution in [3.8, 4) is 17.2 Å². The van der Waals surface area contributed by atoms with E-state index >= 15 is 0 Å². The van der Waals surface area contributed by atoms with Crippen LogP contribution < -0.4 is 4.74 Å². The molecule has 0 aliphatic rings. The van der Waals surface area contributed by atoms with Gasteiger partial charge in [0.25, 0.3) is 0 Å². The lowest BCUT2D eigenvalue weighted by molar-refractivity contribution is 0.0964. The molecule has 3 rings (SSSR count). The molecule has 0 spiro atoms. The molecule has 1 heterocycles. The van der Waals surface area contributed by atoms with Crippen LogP contribution in [-0.4, -0.2) is 25.7 Å². The number of alkyl halides is 1. The molecule has 5 nitrogen and oxygen atoms in total. The Hall–Kier alpha value is -2.08. The van der Waals surface area contributed by atoms with E-state index in [4.69, 9.17) is 4.74 Å². The number of fused-ring (bicyclic) bond motifs is 1. The van der Waals surface area contributed by atoms with Gasteiger partial charge in [0.1, 0.15) is 33.8 Å². The summed E-state index contributed by atoms with van der Waals surface area (Å²) in [7, 11) is 0. The molecule has 0 saturated carbocycles. The lowest BCUT2D eigenvalue weighted by atomic mass is 10.0. The monoisotopic (exact) mass is 431 g/mol. The first-order valence-electron chi connectivity index (χ1n) is 9.36. The number of ether oxygens (including phenoxy) is 1. The second-order valence-electron chi connectivity index (χ2n) is 7.42. The molecule has 2 aromatic carbocycles. The number of benzene rings is 2. The van der Waals surface area contributed by atoms with Crippen LogP contribution in [0.4, 0.5) is 0 Å². The first-order chi connectivity index (χ1) is 12.9. The number of phenolic OH excluding ortho intramolecular Hbond substituents is 1. The first-order valence-corrected chi connectivity index (χ1v) is 10.5. The lowest BCUT2D eigenvalue weighted by Gasteiger charge is -2.26. The van der Waals surface area contributed by atoms with Crippen LogP contribution in [0.25, 0.3) is 16.7 Å². The van der Waals surface area contributed by atoms with Crippen molar-refractivity contribution in [2.24, 2.45) is 0 Å². The van der Waals surface area contributed by atoms with Crippen molar-refractivity contribution in [1.82, 2.24) is 15.0 Å². The van der Waals surface area contributed by atoms with Gasteiger partial charge in [-0.15, -0.1) is 15.0 Å². The molecule has 27 heavy (non-hydrogen) atoms. The van der Waals surface area contributed by atoms with E-state index in [1.807, 2.05) is 30.3 Å². The van der Waals surface area contributed by atoms with E-state index in [-0.39, 0.29) is 11.4 Å². The maximum absolute atomic E-state index is 10.2. The fourth-order valence-corrected chi connectivity index (χ4v) is 3.40. The number of hydrogen-bond donors (Lipinski definition) is 1. The second kappa shape index (κ2) is 8.30. The van der Waals surface area contributed by atoms with Gasteiger partial charge in [0, 0.05) is 11.4 Å². The highest BCUT2D eigenvalue weighted by atomic mass is 79.9. The van der Waals surface area contributed by atoms with Gasteiger partial charge in [-0.05, 0) is 56.5 Å². The number of unbranched alkanes of at least 4 members (excludes halogenated alkanes) is 2. The SMILES string of the molecule is CCCCCC(C)(C)Oc1ccc2nn(-c3cc(CBr)ccc3O)nc2c1. The molecular formula is C21H26BrN3O2. The first kappa shape index (κ1) is 19.7. The molecule has 0 saturated heterocycles. The Balaban J connectivity index is 1.85. The number of aromatic nitrogens is 3. The van der Waals surface area contributed by atoms with E-state index in [0.29, 0.717) is 11.0 Å². The highest BCUT2D eigenvalue weighted by molar-refractivity contribution is 9.08. The molecule has 0 bridgehead atoms. The third-order valence-corrected chi connectivity index (χ3v) is 5.19. The van der Waals surface area contributed by atoms with Gasteiger partial charge in [-0.2, -0.15) is 0 Å². The van der Waals surface area contributed by atoms with Crippen LogP contribution in [0.3, 0.4) is 0 Å². The van der Waals surface area contributed by atoms with Gasteiger partial charge in [0.15, 0.2) is 0 Å². The Labute approximate surface area is 168 Å². The predicted molar refractivity (Wildman–Crippen MR) is 112 cm³/mol. The van der Waals surface area contributed by atoms with E-state index in [1.165, 1.54) is 17.6 Å². The third-order valence-electron chi connectivity index (χ3n) is 4.54. The van der Waals surface area contributed by atoms with Crippen molar-refractivity contribution in [2.45, 2.75) is 57.4 Å². The fourth-order valence-electron chi connectivity index (χ4n) is 3.05. The molecule has 0 aliphatic carbocycles. The highest BCUT2D eigenvalue weighted by Gasteiger charge is 2.20. The summed E-state index contributed by atoms with van der Waals surface area (Å²) >= 11 is 3.43. The average Bonchev–Trinajstić information content (AvgIpc) is 3.05. The van der Waals surface area contributed by atoms with Gasteiger partial charge in [-0.3, -0.25) is 0 Å². The number of phenols is 1. The Kier molecular flexibility index (Phi) is 6.05. The van der Waals surface area contributed by atoms with Crippen LogP contribution in [-0.2, 0) is 5.33 Å². The van der Waals surface area contributed by atoms with Crippen molar-refractivity contribution in [3.63, 3.8) is 0 Å². The van der Waals surface area contributed by atoms with Gasteiger partial charge in [0.2, 0.25) is 0 Å². The van der Waals surface area contributed by atoms with Crippen LogP contribution in [0.2, 0.25) is 0 Å². The summed E-state index contributed by atoms with van der Waals surface area (Å²) in [6.07, 6.45) is 4.59. The summed E-state index contributed by atoms with van der Waals surface area (Å²) in [6, 6.07) is 11.1. The van der Waals surface area contributed by atoms with Gasteiger partial charge < -0.3 is 9.84 Å². The van der Waals surface area contributed by atoms with Gasteiger partial charge in [-0.25, -0.2) is 0 Å². The van der Waals surface area contributed by atoms with Crippen LogP contribution in [0.1, 0.15) is 52.0 Å². The van der Waals surface area contributed by atoms with Gasteiger partial charge in [0.05, 0.1) is 0 Å². The summed E-state index contributed by atoms with van der Waals surface area (Å²) in [6.45, 7) is 6.44. The van der Waals surface area contributed by atoms with E-state index in [1.54, 1.807) is 6.07 Å². The summed E-state index contributed by atoms with van der Waals surface area (Å²) in [5.74, 6) is 0.933. The molecule has 144 valence electrons. The van der Waals surface area contributed by atoms with Crippen molar-refractivity contribution in [1.29, 1.82) is 0 Å². The molecule has 3 aromatic rings. The third kappa shape index (κ3) is 4.80. The second-order valence-corrected chi connectivity index (χ2v) is 7.98. The minimum absolute atomic E-state index is 0.147. The summed E-state index contributed by atoms with van der Waals surface area (Å²) in [5.41, 5.74) is 2.88. The molecule has 6 heteroatoms. The summed E-state index contributed by atoms with van der Waals surface area (Å²) in [5, 5.41) is 19.9. The summed E-state index contributed by atoms with van der Waals surface area (Å²) in [4.78, 5) is 1.47. The smallest absolute Gasteiger partial charge is 0.143 e. The molecular weight excluding hydrogens is 406 g/mol. The number of nitrogens with zero attached hydrogens (tertiary/aromatic N) is 3. The molecule has 0 fully saturated rings. The molecule has 0 unspecified atom stereocenters. The zero-order valence-corrected chi connectivity index (χ0v) is 17.7. The zero-order valence-electron chi connectivity index (χ0n) is 16.1. The topological polar surface area (TPSA) is 60.2 Å². The number of rotatable bonds is 8. The van der Waals surface area contributed by atoms with Crippen molar-refractivity contribution >= 4 is 27.0 Å². The largest absolute Gasteiger partial charge is 0.506 e. The molecule has 0 atom stereocenters. The van der Waals surface area contributed by atoms with E-state index in [9.17, 15) is 5.11 Å². The number of aromatic hydroxyl groups is 1. The molecule has 0 amide bonds. The van der Waals surface area contributed by atoms with Gasteiger partial charge >= 0.3 is 0 Å². The zero-order chi connectivity index (χ0) is 19.4. The normalized spacial score (nSPS) is 11.9. The maximum Gasteiger partial charge on any atom is 0.143 e. The van der Waals surface area contributed by atoms with Crippen molar-refractivity contribution < 1.29 is 9.84 Å². The molecule has 1 N–H and O–H groups in total. The minimum atomic E-state index is -0.221. The number of halogens is 1. The van der Waals surface area contributed by atoms with Crippen LogP contribution in [0.5, 0.6) is 11.5 Å². The van der Waals surface area contributed by atoms with Gasteiger partial charge in [-0.1, -0.05) is 41.8 Å². The fraction of sp³-hybridized carbons (Fsp3) is 0.429. The number of hydrogen-bond acceptors (Lipinski definition) is 4. The quantitative estimate of drug-likeness (QED) is 0.363. The van der Waals surface area contributed by atoms with Crippen molar-refractivity contribution in [2.75, 3.05) is 0 Å². The van der Waals surface area contributed by atoms with E-state index in [0.717, 1.165) is 35.2 Å². The Morgan fingerprint density at radius 1 is 1.07 bits per heavy atom. The van der Waals surface area contributed by atoms with Crippen LogP contribution in [0, 0.1) is 0 Å². The molecule has 0 aliphatic heterocycles. The van der Waals surface area contributed by atoms with Crippen LogP contribution >= 0.6 is 15.9 Å². The molecule has 0 radical (unpaired) electrons. The maximum atomic E-state index is 10.2.